The SMILES string of the molecule is CO/C(N)=C(\c1cnc2c3ccc(N4CCN(C)CC4)nc3n(CC3CCOCC3)c2c1)N(C)N. The minimum atomic E-state index is 0.249. The van der Waals surface area contributed by atoms with Gasteiger partial charge in [-0.3, -0.25) is 4.98 Å². The summed E-state index contributed by atoms with van der Waals surface area (Å²) in [6.45, 7) is 6.51. The fraction of sp³-hybridized carbons (Fsp3) is 0.520. The zero-order chi connectivity index (χ0) is 24.5. The van der Waals surface area contributed by atoms with Crippen molar-refractivity contribution < 1.29 is 9.47 Å². The molecular weight excluding hydrogens is 444 g/mol. The lowest BCUT2D eigenvalue weighted by atomic mass is 10.0. The number of hydrogen-bond donors (Lipinski definition) is 2. The standard InChI is InChI=1S/C25H36N8O2/c1-30-8-10-32(11-9-30)21-5-4-19-22-20(14-18(15-28-22)23(31(2)27)24(26)34-3)33(25(19)29-21)16-17-6-12-35-13-7-17/h4-5,14-15,17H,6-13,16,26-27H2,1-3H3/b24-23+. The van der Waals surface area contributed by atoms with Crippen LogP contribution in [0.15, 0.2) is 30.3 Å². The van der Waals surface area contributed by atoms with Gasteiger partial charge in [-0.25, -0.2) is 10.8 Å². The van der Waals surface area contributed by atoms with E-state index < -0.39 is 0 Å². The third-order valence-electron chi connectivity index (χ3n) is 7.22. The first-order chi connectivity index (χ1) is 17.0. The van der Waals surface area contributed by atoms with E-state index in [4.69, 9.17) is 31.0 Å². The van der Waals surface area contributed by atoms with Gasteiger partial charge in [0.25, 0.3) is 0 Å². The van der Waals surface area contributed by atoms with Crippen LogP contribution in [0.4, 0.5) is 5.82 Å². The van der Waals surface area contributed by atoms with E-state index in [9.17, 15) is 0 Å². The summed E-state index contributed by atoms with van der Waals surface area (Å²) in [6, 6.07) is 6.40. The molecule has 4 N–H and O–H groups in total. The zero-order valence-electron chi connectivity index (χ0n) is 20.9. The van der Waals surface area contributed by atoms with Crippen LogP contribution in [0, 0.1) is 5.92 Å². The van der Waals surface area contributed by atoms with Crippen LogP contribution >= 0.6 is 0 Å². The van der Waals surface area contributed by atoms with Crippen LogP contribution in [-0.4, -0.2) is 85.0 Å². The van der Waals surface area contributed by atoms with Crippen LogP contribution in [0.3, 0.4) is 0 Å². The van der Waals surface area contributed by atoms with Crippen LogP contribution in [-0.2, 0) is 16.0 Å². The molecule has 0 bridgehead atoms. The number of ether oxygens (including phenoxy) is 2. The minimum Gasteiger partial charge on any atom is -0.481 e. The fourth-order valence-corrected chi connectivity index (χ4v) is 5.14. The van der Waals surface area contributed by atoms with Gasteiger partial charge >= 0.3 is 0 Å². The van der Waals surface area contributed by atoms with E-state index in [2.05, 4.69) is 39.6 Å². The molecule has 0 atom stereocenters. The fourth-order valence-electron chi connectivity index (χ4n) is 5.14. The number of likely N-dealkylation sites (N-methyl/N-ethyl adjacent to an activating group) is 1. The van der Waals surface area contributed by atoms with Gasteiger partial charge < -0.3 is 34.6 Å². The molecule has 0 aromatic carbocycles. The van der Waals surface area contributed by atoms with Gasteiger partial charge in [-0.05, 0) is 44.0 Å². The van der Waals surface area contributed by atoms with Crippen LogP contribution in [0.5, 0.6) is 0 Å². The van der Waals surface area contributed by atoms with Crippen molar-refractivity contribution in [1.29, 1.82) is 0 Å². The summed E-state index contributed by atoms with van der Waals surface area (Å²) >= 11 is 0. The molecule has 0 radical (unpaired) electrons. The van der Waals surface area contributed by atoms with Gasteiger partial charge in [0.05, 0.1) is 18.1 Å². The minimum absolute atomic E-state index is 0.249. The number of nitrogens with zero attached hydrogens (tertiary/aromatic N) is 6. The van der Waals surface area contributed by atoms with Gasteiger partial charge in [-0.2, -0.15) is 0 Å². The van der Waals surface area contributed by atoms with Crippen molar-refractivity contribution in [1.82, 2.24) is 24.4 Å². The molecule has 0 aliphatic carbocycles. The molecule has 5 rings (SSSR count). The van der Waals surface area contributed by atoms with Gasteiger partial charge in [0.1, 0.15) is 17.2 Å². The number of anilines is 1. The number of nitrogens with two attached hydrogens (primary N) is 2. The molecule has 10 heteroatoms. The summed E-state index contributed by atoms with van der Waals surface area (Å²) in [5, 5.41) is 2.53. The molecule has 0 unspecified atom stereocenters. The zero-order valence-corrected chi connectivity index (χ0v) is 20.9. The Balaban J connectivity index is 1.65. The first-order valence-corrected chi connectivity index (χ1v) is 12.3. The Kier molecular flexibility index (Phi) is 6.68. The van der Waals surface area contributed by atoms with E-state index in [1.54, 1.807) is 13.2 Å². The molecule has 0 saturated carbocycles. The number of piperazine rings is 1. The highest BCUT2D eigenvalue weighted by molar-refractivity contribution is 6.05. The molecule has 10 nitrogen and oxygen atoms in total. The van der Waals surface area contributed by atoms with Gasteiger partial charge in [0.15, 0.2) is 0 Å². The molecule has 188 valence electrons. The first kappa shape index (κ1) is 23.7. The Morgan fingerprint density at radius 1 is 1.20 bits per heavy atom. The van der Waals surface area contributed by atoms with Crippen molar-refractivity contribution in [2.75, 3.05) is 65.5 Å². The topological polar surface area (TPSA) is 111 Å². The normalized spacial score (nSPS) is 18.8. The highest BCUT2D eigenvalue weighted by atomic mass is 16.5. The van der Waals surface area contributed by atoms with E-state index in [1.807, 2.05) is 0 Å². The smallest absolute Gasteiger partial charge is 0.210 e. The molecule has 2 saturated heterocycles. The Morgan fingerprint density at radius 3 is 2.63 bits per heavy atom. The first-order valence-electron chi connectivity index (χ1n) is 12.3. The van der Waals surface area contributed by atoms with Crippen molar-refractivity contribution in [3.05, 3.63) is 35.8 Å². The molecular formula is C25H36N8O2. The number of fused-ring (bicyclic) bond motifs is 3. The monoisotopic (exact) mass is 480 g/mol. The Bertz CT molecular complexity index is 1220. The molecule has 35 heavy (non-hydrogen) atoms. The predicted molar refractivity (Wildman–Crippen MR) is 138 cm³/mol. The predicted octanol–water partition coefficient (Wildman–Crippen LogP) is 1.80. The molecule has 2 aliphatic rings. The maximum Gasteiger partial charge on any atom is 0.210 e. The molecule has 5 heterocycles. The van der Waals surface area contributed by atoms with Crippen molar-refractivity contribution >= 4 is 33.6 Å². The Morgan fingerprint density at radius 2 is 1.94 bits per heavy atom. The summed E-state index contributed by atoms with van der Waals surface area (Å²) in [5.74, 6) is 7.90. The van der Waals surface area contributed by atoms with Crippen molar-refractivity contribution in [3.8, 4) is 0 Å². The number of hydrazine groups is 1. The summed E-state index contributed by atoms with van der Waals surface area (Å²) < 4.78 is 13.2. The number of methoxy groups -OCH3 is 1. The Hall–Kier alpha value is -3.08. The summed E-state index contributed by atoms with van der Waals surface area (Å²) in [5.41, 5.74) is 10.5. The molecule has 2 fully saturated rings. The molecule has 3 aromatic rings. The van der Waals surface area contributed by atoms with Gasteiger partial charge in [0.2, 0.25) is 5.88 Å². The van der Waals surface area contributed by atoms with E-state index in [1.165, 1.54) is 12.1 Å². The van der Waals surface area contributed by atoms with Crippen LogP contribution in [0.1, 0.15) is 18.4 Å². The van der Waals surface area contributed by atoms with Crippen molar-refractivity contribution in [3.63, 3.8) is 0 Å². The number of aromatic nitrogens is 3. The highest BCUT2D eigenvalue weighted by Crippen LogP contribution is 2.33. The van der Waals surface area contributed by atoms with Gasteiger partial charge in [-0.1, -0.05) is 0 Å². The number of pyridine rings is 2. The summed E-state index contributed by atoms with van der Waals surface area (Å²) in [6.07, 6.45) is 3.89. The van der Waals surface area contributed by atoms with Crippen LogP contribution in [0.2, 0.25) is 0 Å². The molecule has 2 aliphatic heterocycles. The number of rotatable bonds is 6. The third kappa shape index (κ3) is 4.61. The van der Waals surface area contributed by atoms with E-state index in [0.29, 0.717) is 11.6 Å². The highest BCUT2D eigenvalue weighted by Gasteiger charge is 2.23. The second-order valence-corrected chi connectivity index (χ2v) is 9.62. The van der Waals surface area contributed by atoms with Gasteiger partial charge in [-0.15, -0.1) is 0 Å². The van der Waals surface area contributed by atoms with Crippen LogP contribution in [0.25, 0.3) is 27.8 Å². The molecule has 0 spiro atoms. The lowest BCUT2D eigenvalue weighted by Gasteiger charge is -2.33. The summed E-state index contributed by atoms with van der Waals surface area (Å²) in [4.78, 5) is 14.8. The maximum atomic E-state index is 6.14. The molecule has 0 amide bonds. The average Bonchev–Trinajstić information content (AvgIpc) is 3.17. The maximum absolute atomic E-state index is 6.14. The average molecular weight is 481 g/mol. The largest absolute Gasteiger partial charge is 0.481 e. The van der Waals surface area contributed by atoms with Crippen LogP contribution < -0.4 is 16.5 Å². The Labute approximate surface area is 206 Å². The van der Waals surface area contributed by atoms with Crippen molar-refractivity contribution in [2.24, 2.45) is 17.5 Å². The molecule has 3 aromatic heterocycles. The van der Waals surface area contributed by atoms with Crippen molar-refractivity contribution in [2.45, 2.75) is 19.4 Å². The summed E-state index contributed by atoms with van der Waals surface area (Å²) in [7, 11) is 5.45. The van der Waals surface area contributed by atoms with E-state index in [-0.39, 0.29) is 5.88 Å². The second-order valence-electron chi connectivity index (χ2n) is 9.62. The van der Waals surface area contributed by atoms with Gasteiger partial charge in [0, 0.05) is 70.1 Å². The lowest BCUT2D eigenvalue weighted by molar-refractivity contribution is 0.0619. The second kappa shape index (κ2) is 9.88. The quantitative estimate of drug-likeness (QED) is 0.310. The van der Waals surface area contributed by atoms with E-state index in [0.717, 1.165) is 92.2 Å². The van der Waals surface area contributed by atoms with E-state index >= 15 is 0 Å². The lowest BCUT2D eigenvalue weighted by Crippen LogP contribution is -2.44. The third-order valence-corrected chi connectivity index (χ3v) is 7.22. The number of hydrogen-bond acceptors (Lipinski definition) is 9.